The number of piperidine rings is 1. The molecule has 0 spiro atoms. The Hall–Kier alpha value is -2.66. The molecule has 1 fully saturated rings. The standard InChI is InChI=1S/C32H39FN2OS/c1-5-7-30(33)32(2,3)21-31(36)35-16-14-23(15-17-35)18-24-8-6-9-26-20-29(34-22-27(26)19-24)25-10-12-28(37-4)13-11-25/h5-6,9-13,18,20,22-23,30H,1,7-8,14-17,19,21H2,2-4H3. The average molecular weight is 519 g/mol. The van der Waals surface area contributed by atoms with E-state index in [4.69, 9.17) is 4.98 Å². The normalized spacial score (nSPS) is 18.4. The molecule has 37 heavy (non-hydrogen) atoms. The van der Waals surface area contributed by atoms with Crippen LogP contribution in [-0.2, 0) is 11.2 Å². The molecule has 0 radical (unpaired) electrons. The Morgan fingerprint density at radius 3 is 2.68 bits per heavy atom. The highest BCUT2D eigenvalue weighted by atomic mass is 32.2. The van der Waals surface area contributed by atoms with Crippen LogP contribution < -0.4 is 0 Å². The van der Waals surface area contributed by atoms with Gasteiger partial charge in [0.1, 0.15) is 6.17 Å². The van der Waals surface area contributed by atoms with E-state index in [0.29, 0.717) is 5.92 Å². The van der Waals surface area contributed by atoms with Crippen molar-refractivity contribution in [3.63, 3.8) is 0 Å². The maximum absolute atomic E-state index is 14.4. The molecule has 1 saturated heterocycles. The molecule has 1 aliphatic carbocycles. The Bertz CT molecular complexity index is 1160. The third kappa shape index (κ3) is 7.01. The van der Waals surface area contributed by atoms with Crippen LogP contribution >= 0.6 is 11.8 Å². The number of benzene rings is 1. The minimum atomic E-state index is -1.05. The summed E-state index contributed by atoms with van der Waals surface area (Å²) in [5.41, 5.74) is 5.40. The molecule has 1 aromatic heterocycles. The molecule has 0 bridgehead atoms. The van der Waals surface area contributed by atoms with E-state index < -0.39 is 11.6 Å². The van der Waals surface area contributed by atoms with Crippen molar-refractivity contribution >= 4 is 23.7 Å². The van der Waals surface area contributed by atoms with Crippen LogP contribution in [0.3, 0.4) is 0 Å². The summed E-state index contributed by atoms with van der Waals surface area (Å²) in [6.45, 7) is 8.80. The number of nitrogens with zero attached hydrogens (tertiary/aromatic N) is 2. The fourth-order valence-corrected chi connectivity index (χ4v) is 5.64. The van der Waals surface area contributed by atoms with E-state index in [1.54, 1.807) is 17.8 Å². The van der Waals surface area contributed by atoms with Crippen molar-refractivity contribution in [2.75, 3.05) is 19.3 Å². The number of halogens is 1. The third-order valence-electron chi connectivity index (χ3n) is 7.70. The van der Waals surface area contributed by atoms with Gasteiger partial charge in [-0.2, -0.15) is 0 Å². The van der Waals surface area contributed by atoms with E-state index >= 15 is 0 Å². The lowest BCUT2D eigenvalue weighted by Gasteiger charge is -2.35. The number of hydrogen-bond acceptors (Lipinski definition) is 3. The quantitative estimate of drug-likeness (QED) is 0.263. The van der Waals surface area contributed by atoms with Crippen LogP contribution in [0.25, 0.3) is 17.3 Å². The number of alkyl halides is 1. The lowest BCUT2D eigenvalue weighted by molar-refractivity contribution is -0.135. The minimum Gasteiger partial charge on any atom is -0.343 e. The van der Waals surface area contributed by atoms with Crippen LogP contribution in [0.2, 0.25) is 0 Å². The first-order chi connectivity index (χ1) is 17.8. The average Bonchev–Trinajstić information content (AvgIpc) is 3.10. The van der Waals surface area contributed by atoms with Gasteiger partial charge in [0.05, 0.1) is 5.69 Å². The van der Waals surface area contributed by atoms with E-state index in [0.717, 1.165) is 50.0 Å². The van der Waals surface area contributed by atoms with Gasteiger partial charge in [0.25, 0.3) is 0 Å². The Morgan fingerprint density at radius 2 is 2.00 bits per heavy atom. The van der Waals surface area contributed by atoms with Crippen molar-refractivity contribution in [2.24, 2.45) is 11.3 Å². The lowest BCUT2D eigenvalue weighted by atomic mass is 9.81. The van der Waals surface area contributed by atoms with E-state index in [-0.39, 0.29) is 18.7 Å². The Morgan fingerprint density at radius 1 is 1.27 bits per heavy atom. The summed E-state index contributed by atoms with van der Waals surface area (Å²) in [4.78, 5) is 20.8. The van der Waals surface area contributed by atoms with Crippen molar-refractivity contribution in [1.82, 2.24) is 9.88 Å². The lowest BCUT2D eigenvalue weighted by Crippen LogP contribution is -2.41. The first kappa shape index (κ1) is 27.4. The number of pyridine rings is 1. The second-order valence-corrected chi connectivity index (χ2v) is 11.9. The highest BCUT2D eigenvalue weighted by Gasteiger charge is 2.33. The van der Waals surface area contributed by atoms with Crippen molar-refractivity contribution in [1.29, 1.82) is 0 Å². The maximum Gasteiger partial charge on any atom is 0.223 e. The Kier molecular flexibility index (Phi) is 9.07. The molecule has 1 atom stereocenters. The molecule has 2 aliphatic rings. The molecular weight excluding hydrogens is 479 g/mol. The molecule has 1 aliphatic heterocycles. The Labute approximate surface area is 226 Å². The summed E-state index contributed by atoms with van der Waals surface area (Å²) < 4.78 is 14.4. The van der Waals surface area contributed by atoms with Gasteiger partial charge in [0.2, 0.25) is 5.91 Å². The van der Waals surface area contributed by atoms with Gasteiger partial charge in [0, 0.05) is 41.6 Å². The topological polar surface area (TPSA) is 33.2 Å². The molecule has 1 amide bonds. The van der Waals surface area contributed by atoms with E-state index in [9.17, 15) is 9.18 Å². The SMILES string of the molecule is C=CCC(F)C(C)(C)CC(=O)N1CCC(C=C2CC=Cc3cc(-c4ccc(SC)cc4)ncc3C2)CC1. The second kappa shape index (κ2) is 12.3. The van der Waals surface area contributed by atoms with E-state index in [1.807, 2.05) is 24.9 Å². The fourth-order valence-electron chi connectivity index (χ4n) is 5.23. The zero-order valence-electron chi connectivity index (χ0n) is 22.4. The molecule has 1 unspecified atom stereocenters. The van der Waals surface area contributed by atoms with E-state index in [1.165, 1.54) is 21.6 Å². The van der Waals surface area contributed by atoms with Crippen LogP contribution in [0.5, 0.6) is 0 Å². The maximum atomic E-state index is 14.4. The number of aromatic nitrogens is 1. The van der Waals surface area contributed by atoms with Gasteiger partial charge < -0.3 is 4.90 Å². The van der Waals surface area contributed by atoms with Gasteiger partial charge in [-0.05, 0) is 73.6 Å². The molecule has 2 aromatic rings. The first-order valence-corrected chi connectivity index (χ1v) is 14.5. The van der Waals surface area contributed by atoms with Gasteiger partial charge in [-0.1, -0.05) is 55.9 Å². The van der Waals surface area contributed by atoms with Gasteiger partial charge >= 0.3 is 0 Å². The number of thioether (sulfide) groups is 1. The van der Waals surface area contributed by atoms with Crippen LogP contribution in [-0.4, -0.2) is 41.3 Å². The largest absolute Gasteiger partial charge is 0.343 e. The number of hydrogen-bond donors (Lipinski definition) is 0. The molecule has 3 nitrogen and oxygen atoms in total. The monoisotopic (exact) mass is 518 g/mol. The number of fused-ring (bicyclic) bond motifs is 1. The number of rotatable bonds is 8. The van der Waals surface area contributed by atoms with Crippen LogP contribution in [0.15, 0.2) is 71.8 Å². The molecule has 2 heterocycles. The van der Waals surface area contributed by atoms with Gasteiger partial charge in [0.15, 0.2) is 0 Å². The summed E-state index contributed by atoms with van der Waals surface area (Å²) in [5.74, 6) is 0.540. The van der Waals surface area contributed by atoms with Gasteiger partial charge in [-0.25, -0.2) is 4.39 Å². The number of amides is 1. The van der Waals surface area contributed by atoms with Crippen LogP contribution in [0.1, 0.15) is 57.1 Å². The fraction of sp³-hybridized carbons (Fsp3) is 0.438. The zero-order chi connectivity index (χ0) is 26.4. The summed E-state index contributed by atoms with van der Waals surface area (Å²) in [5, 5.41) is 0. The molecule has 0 N–H and O–H groups in total. The molecule has 0 saturated carbocycles. The molecule has 4 rings (SSSR count). The second-order valence-electron chi connectivity index (χ2n) is 11.0. The summed E-state index contributed by atoms with van der Waals surface area (Å²) >= 11 is 1.74. The van der Waals surface area contributed by atoms with Crippen molar-refractivity contribution in [2.45, 2.75) is 63.4 Å². The summed E-state index contributed by atoms with van der Waals surface area (Å²) in [7, 11) is 0. The number of carbonyl (C=O) groups is 1. The Balaban J connectivity index is 1.35. The predicted octanol–water partition coefficient (Wildman–Crippen LogP) is 7.93. The zero-order valence-corrected chi connectivity index (χ0v) is 23.2. The number of allylic oxidation sites excluding steroid dienone is 4. The van der Waals surface area contributed by atoms with Crippen molar-refractivity contribution in [3.8, 4) is 11.3 Å². The first-order valence-electron chi connectivity index (χ1n) is 13.3. The van der Waals surface area contributed by atoms with Crippen LogP contribution in [0.4, 0.5) is 4.39 Å². The van der Waals surface area contributed by atoms with Gasteiger partial charge in [-0.15, -0.1) is 18.3 Å². The summed E-state index contributed by atoms with van der Waals surface area (Å²) in [6, 6.07) is 10.8. The predicted molar refractivity (Wildman–Crippen MR) is 154 cm³/mol. The van der Waals surface area contributed by atoms with Crippen LogP contribution in [0, 0.1) is 11.3 Å². The number of likely N-dealkylation sites (tertiary alicyclic amines) is 1. The molecule has 5 heteroatoms. The molecular formula is C32H39FN2OS. The number of carbonyl (C=O) groups excluding carboxylic acids is 1. The van der Waals surface area contributed by atoms with Crippen molar-refractivity contribution in [3.05, 3.63) is 78.0 Å². The highest BCUT2D eigenvalue weighted by Crippen LogP contribution is 2.33. The summed E-state index contributed by atoms with van der Waals surface area (Å²) in [6.07, 6.45) is 15.9. The highest BCUT2D eigenvalue weighted by molar-refractivity contribution is 7.98. The third-order valence-corrected chi connectivity index (χ3v) is 8.44. The minimum absolute atomic E-state index is 0.0686. The molecule has 196 valence electrons. The molecule has 1 aromatic carbocycles. The van der Waals surface area contributed by atoms with Gasteiger partial charge in [-0.3, -0.25) is 9.78 Å². The van der Waals surface area contributed by atoms with Crippen molar-refractivity contribution < 1.29 is 9.18 Å². The van der Waals surface area contributed by atoms with E-state index in [2.05, 4.69) is 61.4 Å². The smallest absolute Gasteiger partial charge is 0.223 e.